The summed E-state index contributed by atoms with van der Waals surface area (Å²) in [6, 6.07) is 19.2. The van der Waals surface area contributed by atoms with Crippen molar-refractivity contribution in [1.29, 1.82) is 0 Å². The third-order valence-corrected chi connectivity index (χ3v) is 6.69. The van der Waals surface area contributed by atoms with Gasteiger partial charge in [0.1, 0.15) is 5.82 Å². The first-order valence-corrected chi connectivity index (χ1v) is 11.0. The summed E-state index contributed by atoms with van der Waals surface area (Å²) in [7, 11) is 0. The fourth-order valence-corrected chi connectivity index (χ4v) is 4.83. The topological polar surface area (TPSA) is 0 Å². The first-order valence-electron chi connectivity index (χ1n) is 11.0. The molecule has 0 saturated heterocycles. The van der Waals surface area contributed by atoms with Crippen molar-refractivity contribution >= 4 is 10.8 Å². The number of hydrogen-bond acceptors (Lipinski definition) is 0. The summed E-state index contributed by atoms with van der Waals surface area (Å²) >= 11 is 0. The van der Waals surface area contributed by atoms with Gasteiger partial charge in [-0.1, -0.05) is 75.2 Å². The highest BCUT2D eigenvalue weighted by Gasteiger charge is 2.21. The first kappa shape index (κ1) is 19.2. The molecular weight excluding hydrogens is 343 g/mol. The van der Waals surface area contributed by atoms with Crippen LogP contribution < -0.4 is 0 Å². The van der Waals surface area contributed by atoms with Crippen molar-refractivity contribution in [1.82, 2.24) is 0 Å². The predicted molar refractivity (Wildman–Crippen MR) is 118 cm³/mol. The molecule has 146 valence electrons. The molecule has 0 atom stereocenters. The summed E-state index contributed by atoms with van der Waals surface area (Å²) in [6.45, 7) is 4.41. The first-order chi connectivity index (χ1) is 13.7. The van der Waals surface area contributed by atoms with Crippen molar-refractivity contribution in [3.05, 3.63) is 71.5 Å². The number of benzene rings is 3. The monoisotopic (exact) mass is 374 g/mol. The van der Waals surface area contributed by atoms with Crippen molar-refractivity contribution in [2.45, 2.75) is 64.7 Å². The van der Waals surface area contributed by atoms with E-state index in [0.29, 0.717) is 0 Å². The lowest BCUT2D eigenvalue weighted by Crippen LogP contribution is -2.12. The van der Waals surface area contributed by atoms with Gasteiger partial charge in [-0.3, -0.25) is 0 Å². The van der Waals surface area contributed by atoms with E-state index in [2.05, 4.69) is 56.3 Å². The predicted octanol–water partition coefficient (Wildman–Crippen LogP) is 8.28. The molecule has 0 spiro atoms. The Bertz CT molecular complexity index is 930. The number of hydrogen-bond donors (Lipinski definition) is 0. The summed E-state index contributed by atoms with van der Waals surface area (Å²) in [5.74, 6) is 1.61. The molecule has 4 rings (SSSR count). The second-order valence-corrected chi connectivity index (χ2v) is 8.47. The Morgan fingerprint density at radius 2 is 1.54 bits per heavy atom. The van der Waals surface area contributed by atoms with Gasteiger partial charge in [-0.2, -0.15) is 0 Å². The van der Waals surface area contributed by atoms with Crippen LogP contribution in [0.4, 0.5) is 4.39 Å². The van der Waals surface area contributed by atoms with Crippen LogP contribution >= 0.6 is 0 Å². The summed E-state index contributed by atoms with van der Waals surface area (Å²) in [5.41, 5.74) is 4.68. The van der Waals surface area contributed by atoms with E-state index in [1.165, 1.54) is 43.2 Å². The van der Waals surface area contributed by atoms with Crippen LogP contribution in [0.5, 0.6) is 0 Å². The summed E-state index contributed by atoms with van der Waals surface area (Å²) < 4.78 is 14.7. The molecule has 0 unspecified atom stereocenters. The van der Waals surface area contributed by atoms with Crippen LogP contribution in [0, 0.1) is 11.7 Å². The van der Waals surface area contributed by atoms with E-state index in [1.807, 2.05) is 12.1 Å². The second kappa shape index (κ2) is 8.47. The Balaban J connectivity index is 1.55. The van der Waals surface area contributed by atoms with E-state index in [0.717, 1.165) is 46.6 Å². The molecule has 28 heavy (non-hydrogen) atoms. The molecule has 0 radical (unpaired) electrons. The lowest BCUT2D eigenvalue weighted by molar-refractivity contribution is 0.319. The largest absolute Gasteiger partial charge is 0.206 e. The van der Waals surface area contributed by atoms with E-state index >= 15 is 0 Å². The maximum absolute atomic E-state index is 14.7. The number of rotatable bonds is 5. The Morgan fingerprint density at radius 1 is 0.821 bits per heavy atom. The highest BCUT2D eigenvalue weighted by molar-refractivity contribution is 5.88. The second-order valence-electron chi connectivity index (χ2n) is 8.47. The average Bonchev–Trinajstić information content (AvgIpc) is 2.76. The van der Waals surface area contributed by atoms with Crippen LogP contribution in [0.2, 0.25) is 0 Å². The van der Waals surface area contributed by atoms with E-state index in [9.17, 15) is 4.39 Å². The SMILES string of the molecule is CCCc1ccc2cc(-c3ccc(C4CCC(CC)CC4)cc3)ccc2c1F. The Hall–Kier alpha value is -2.15. The van der Waals surface area contributed by atoms with Crippen LogP contribution in [-0.2, 0) is 6.42 Å². The lowest BCUT2D eigenvalue weighted by atomic mass is 9.77. The van der Waals surface area contributed by atoms with Crippen molar-refractivity contribution in [3.8, 4) is 11.1 Å². The van der Waals surface area contributed by atoms with Gasteiger partial charge in [-0.15, -0.1) is 0 Å². The highest BCUT2D eigenvalue weighted by Crippen LogP contribution is 2.37. The molecule has 1 aliphatic rings. The van der Waals surface area contributed by atoms with E-state index in [-0.39, 0.29) is 5.82 Å². The molecule has 1 aliphatic carbocycles. The molecule has 0 bridgehead atoms. The summed E-state index contributed by atoms with van der Waals surface area (Å²) in [6.07, 6.45) is 8.49. The fraction of sp³-hybridized carbons (Fsp3) is 0.407. The number of halogens is 1. The van der Waals surface area contributed by atoms with Crippen LogP contribution in [0.1, 0.15) is 69.4 Å². The van der Waals surface area contributed by atoms with Crippen molar-refractivity contribution < 1.29 is 4.39 Å². The third kappa shape index (κ3) is 3.85. The van der Waals surface area contributed by atoms with Crippen molar-refractivity contribution in [2.75, 3.05) is 0 Å². The molecule has 0 aliphatic heterocycles. The zero-order valence-electron chi connectivity index (χ0n) is 17.2. The maximum atomic E-state index is 14.7. The zero-order chi connectivity index (χ0) is 19.5. The molecule has 0 heterocycles. The Kier molecular flexibility index (Phi) is 5.80. The molecule has 0 nitrogen and oxygen atoms in total. The standard InChI is InChI=1S/C27H31F/c1-3-5-23-14-15-25-18-24(16-17-26(25)27(23)28)22-12-10-21(11-13-22)20-8-6-19(4-2)7-9-20/h10-20H,3-9H2,1-2H3. The lowest BCUT2D eigenvalue weighted by Gasteiger charge is -2.28. The third-order valence-electron chi connectivity index (χ3n) is 6.69. The van der Waals surface area contributed by atoms with Crippen molar-refractivity contribution in [2.24, 2.45) is 5.92 Å². The van der Waals surface area contributed by atoms with Gasteiger partial charge in [-0.05, 0) is 77.6 Å². The van der Waals surface area contributed by atoms with Gasteiger partial charge < -0.3 is 0 Å². The molecule has 0 N–H and O–H groups in total. The van der Waals surface area contributed by atoms with Crippen LogP contribution in [0.15, 0.2) is 54.6 Å². The van der Waals surface area contributed by atoms with Crippen LogP contribution in [0.25, 0.3) is 21.9 Å². The van der Waals surface area contributed by atoms with E-state index < -0.39 is 0 Å². The van der Waals surface area contributed by atoms with Gasteiger partial charge in [0.25, 0.3) is 0 Å². The molecule has 1 heteroatoms. The number of fused-ring (bicyclic) bond motifs is 1. The smallest absolute Gasteiger partial charge is 0.134 e. The normalized spacial score (nSPS) is 19.8. The summed E-state index contributed by atoms with van der Waals surface area (Å²) in [5, 5.41) is 1.72. The molecule has 0 amide bonds. The minimum atomic E-state index is -0.0519. The maximum Gasteiger partial charge on any atom is 0.134 e. The minimum Gasteiger partial charge on any atom is -0.206 e. The van der Waals surface area contributed by atoms with Gasteiger partial charge >= 0.3 is 0 Å². The average molecular weight is 375 g/mol. The van der Waals surface area contributed by atoms with Gasteiger partial charge in [0.05, 0.1) is 0 Å². The Morgan fingerprint density at radius 3 is 2.21 bits per heavy atom. The minimum absolute atomic E-state index is 0.0519. The van der Waals surface area contributed by atoms with Gasteiger partial charge in [0.15, 0.2) is 0 Å². The van der Waals surface area contributed by atoms with Crippen LogP contribution in [-0.4, -0.2) is 0 Å². The molecule has 3 aromatic rings. The molecule has 3 aromatic carbocycles. The molecular formula is C27H31F. The number of aryl methyl sites for hydroxylation is 1. The van der Waals surface area contributed by atoms with Gasteiger partial charge in [0, 0.05) is 5.39 Å². The quantitative estimate of drug-likeness (QED) is 0.421. The van der Waals surface area contributed by atoms with Crippen LogP contribution in [0.3, 0.4) is 0 Å². The summed E-state index contributed by atoms with van der Waals surface area (Å²) in [4.78, 5) is 0. The molecule has 1 fully saturated rings. The highest BCUT2D eigenvalue weighted by atomic mass is 19.1. The zero-order valence-corrected chi connectivity index (χ0v) is 17.2. The molecule has 1 saturated carbocycles. The van der Waals surface area contributed by atoms with E-state index in [4.69, 9.17) is 0 Å². The fourth-order valence-electron chi connectivity index (χ4n) is 4.83. The van der Waals surface area contributed by atoms with Gasteiger partial charge in [0.2, 0.25) is 0 Å². The van der Waals surface area contributed by atoms with Gasteiger partial charge in [-0.25, -0.2) is 4.39 Å². The van der Waals surface area contributed by atoms with Crippen molar-refractivity contribution in [3.63, 3.8) is 0 Å². The van der Waals surface area contributed by atoms with E-state index in [1.54, 1.807) is 0 Å². The molecule has 0 aromatic heterocycles. The Labute approximate surface area is 168 Å².